The minimum absolute atomic E-state index is 0.160. The van der Waals surface area contributed by atoms with Gasteiger partial charge in [0.25, 0.3) is 0 Å². The molecule has 108 valence electrons. The van der Waals surface area contributed by atoms with Gasteiger partial charge < -0.3 is 4.42 Å². The van der Waals surface area contributed by atoms with E-state index in [1.807, 2.05) is 31.2 Å². The molecule has 0 saturated heterocycles. The zero-order chi connectivity index (χ0) is 14.4. The highest BCUT2D eigenvalue weighted by molar-refractivity contribution is 5.82. The second kappa shape index (κ2) is 4.52. The molecular weight excluding hydrogens is 267 g/mol. The summed E-state index contributed by atoms with van der Waals surface area (Å²) < 4.78 is 44.5. The number of furan rings is 1. The lowest BCUT2D eigenvalue weighted by molar-refractivity contribution is -0.166. The van der Waals surface area contributed by atoms with Crippen LogP contribution in [0.1, 0.15) is 31.1 Å². The zero-order valence-corrected chi connectivity index (χ0v) is 11.2. The highest BCUT2D eigenvalue weighted by Crippen LogP contribution is 2.49. The lowest BCUT2D eigenvalue weighted by Crippen LogP contribution is -2.44. The first-order valence-corrected chi connectivity index (χ1v) is 6.78. The van der Waals surface area contributed by atoms with E-state index < -0.39 is 11.7 Å². The van der Waals surface area contributed by atoms with Crippen molar-refractivity contribution in [2.75, 3.05) is 0 Å². The van der Waals surface area contributed by atoms with Gasteiger partial charge in [0, 0.05) is 23.9 Å². The van der Waals surface area contributed by atoms with Gasteiger partial charge in [-0.25, -0.2) is 0 Å². The van der Waals surface area contributed by atoms with Gasteiger partial charge in [-0.2, -0.15) is 13.2 Å². The van der Waals surface area contributed by atoms with Crippen LogP contribution in [-0.2, 0) is 13.0 Å². The number of aryl methyl sites for hydroxylation is 1. The molecule has 1 heterocycles. The Hall–Kier alpha value is -1.49. The van der Waals surface area contributed by atoms with Crippen molar-refractivity contribution in [1.29, 1.82) is 0 Å². The maximum absolute atomic E-state index is 12.9. The third kappa shape index (κ3) is 2.10. The van der Waals surface area contributed by atoms with Gasteiger partial charge in [-0.3, -0.25) is 5.32 Å². The largest absolute Gasteiger partial charge is 0.461 e. The molecule has 0 amide bonds. The number of halogens is 3. The van der Waals surface area contributed by atoms with Crippen LogP contribution in [-0.4, -0.2) is 11.7 Å². The molecular formula is C15H16F3NO. The monoisotopic (exact) mass is 283 g/mol. The van der Waals surface area contributed by atoms with E-state index in [1.165, 1.54) is 0 Å². The van der Waals surface area contributed by atoms with Crippen LogP contribution in [0.3, 0.4) is 0 Å². The lowest BCUT2D eigenvalue weighted by atomic mass is 10.1. The number of rotatable bonds is 4. The number of fused-ring (bicyclic) bond motifs is 1. The van der Waals surface area contributed by atoms with E-state index in [4.69, 9.17) is 4.42 Å². The Morgan fingerprint density at radius 2 is 1.95 bits per heavy atom. The summed E-state index contributed by atoms with van der Waals surface area (Å²) >= 11 is 0. The SMILES string of the molecule is CCc1oc2ccccc2c1CNC1(C(F)(F)F)CC1. The Kier molecular flexibility index (Phi) is 3.05. The van der Waals surface area contributed by atoms with Crippen LogP contribution in [0, 0.1) is 0 Å². The van der Waals surface area contributed by atoms with Crippen LogP contribution in [0.25, 0.3) is 11.0 Å². The summed E-state index contributed by atoms with van der Waals surface area (Å²) in [6, 6.07) is 7.47. The molecule has 1 fully saturated rings. The molecule has 1 aromatic heterocycles. The quantitative estimate of drug-likeness (QED) is 0.910. The maximum Gasteiger partial charge on any atom is 0.406 e. The van der Waals surface area contributed by atoms with E-state index in [2.05, 4.69) is 5.32 Å². The van der Waals surface area contributed by atoms with Gasteiger partial charge in [0.05, 0.1) is 0 Å². The second-order valence-electron chi connectivity index (χ2n) is 5.29. The molecule has 20 heavy (non-hydrogen) atoms. The molecule has 2 nitrogen and oxygen atoms in total. The van der Waals surface area contributed by atoms with Crippen molar-refractivity contribution < 1.29 is 17.6 Å². The molecule has 1 N–H and O–H groups in total. The zero-order valence-electron chi connectivity index (χ0n) is 11.2. The van der Waals surface area contributed by atoms with Gasteiger partial charge >= 0.3 is 6.18 Å². The number of alkyl halides is 3. The average Bonchev–Trinajstić information content (AvgIpc) is 3.12. The smallest absolute Gasteiger partial charge is 0.406 e. The predicted octanol–water partition coefficient (Wildman–Crippen LogP) is 4.18. The molecule has 1 aromatic carbocycles. The molecule has 0 atom stereocenters. The molecule has 5 heteroatoms. The van der Waals surface area contributed by atoms with Gasteiger partial charge in [0.15, 0.2) is 0 Å². The van der Waals surface area contributed by atoms with E-state index in [0.29, 0.717) is 6.42 Å². The van der Waals surface area contributed by atoms with Crippen molar-refractivity contribution in [2.45, 2.75) is 44.4 Å². The first-order valence-electron chi connectivity index (χ1n) is 6.78. The van der Waals surface area contributed by atoms with E-state index in [1.54, 1.807) is 0 Å². The highest BCUT2D eigenvalue weighted by atomic mass is 19.4. The molecule has 3 rings (SSSR count). The summed E-state index contributed by atoms with van der Waals surface area (Å²) in [5.41, 5.74) is -0.104. The fourth-order valence-corrected chi connectivity index (χ4v) is 2.57. The van der Waals surface area contributed by atoms with E-state index in [-0.39, 0.29) is 19.4 Å². The van der Waals surface area contributed by atoms with Crippen molar-refractivity contribution in [3.63, 3.8) is 0 Å². The fraction of sp³-hybridized carbons (Fsp3) is 0.467. The molecule has 0 spiro atoms. The minimum atomic E-state index is -4.18. The summed E-state index contributed by atoms with van der Waals surface area (Å²) in [7, 11) is 0. The van der Waals surface area contributed by atoms with E-state index >= 15 is 0 Å². The topological polar surface area (TPSA) is 25.2 Å². The van der Waals surface area contributed by atoms with Gasteiger partial charge in [-0.05, 0) is 18.9 Å². The first-order chi connectivity index (χ1) is 9.47. The summed E-state index contributed by atoms with van der Waals surface area (Å²) in [4.78, 5) is 0. The van der Waals surface area contributed by atoms with Crippen LogP contribution in [0.4, 0.5) is 13.2 Å². The van der Waals surface area contributed by atoms with Gasteiger partial charge in [0.2, 0.25) is 0 Å². The van der Waals surface area contributed by atoms with Crippen molar-refractivity contribution in [1.82, 2.24) is 5.32 Å². The Morgan fingerprint density at radius 1 is 1.25 bits per heavy atom. The molecule has 1 saturated carbocycles. The first kappa shape index (κ1) is 13.5. The Balaban J connectivity index is 1.88. The molecule has 0 aliphatic heterocycles. The normalized spacial score (nSPS) is 17.6. The number of hydrogen-bond acceptors (Lipinski definition) is 2. The van der Waals surface area contributed by atoms with Gasteiger partial charge in [0.1, 0.15) is 16.9 Å². The number of para-hydroxylation sites is 1. The van der Waals surface area contributed by atoms with Gasteiger partial charge in [-0.1, -0.05) is 25.1 Å². The Morgan fingerprint density at radius 3 is 2.55 bits per heavy atom. The fourth-order valence-electron chi connectivity index (χ4n) is 2.57. The van der Waals surface area contributed by atoms with Crippen molar-refractivity contribution in [3.8, 4) is 0 Å². The van der Waals surface area contributed by atoms with E-state index in [9.17, 15) is 13.2 Å². The number of hydrogen-bond donors (Lipinski definition) is 1. The minimum Gasteiger partial charge on any atom is -0.461 e. The van der Waals surface area contributed by atoms with Crippen LogP contribution >= 0.6 is 0 Å². The molecule has 0 bridgehead atoms. The van der Waals surface area contributed by atoms with Crippen molar-refractivity contribution in [2.24, 2.45) is 0 Å². The second-order valence-corrected chi connectivity index (χ2v) is 5.29. The van der Waals surface area contributed by atoms with Crippen LogP contribution in [0.5, 0.6) is 0 Å². The average molecular weight is 283 g/mol. The standard InChI is InChI=1S/C15H16F3NO/c1-2-12-11(10-5-3-4-6-13(10)20-12)9-19-14(7-8-14)15(16,17)18/h3-6,19H,2,7-9H2,1H3. The molecule has 0 unspecified atom stereocenters. The highest BCUT2D eigenvalue weighted by Gasteiger charge is 2.63. The number of benzene rings is 1. The van der Waals surface area contributed by atoms with Crippen LogP contribution in [0.15, 0.2) is 28.7 Å². The summed E-state index contributed by atoms with van der Waals surface area (Å²) in [5, 5.41) is 3.59. The lowest BCUT2D eigenvalue weighted by Gasteiger charge is -2.20. The maximum atomic E-state index is 12.9. The van der Waals surface area contributed by atoms with Gasteiger partial charge in [-0.15, -0.1) is 0 Å². The third-order valence-corrected chi connectivity index (χ3v) is 4.00. The predicted molar refractivity (Wildman–Crippen MR) is 70.5 cm³/mol. The molecule has 1 aliphatic carbocycles. The Labute approximate surface area is 115 Å². The van der Waals surface area contributed by atoms with Crippen LogP contribution in [0.2, 0.25) is 0 Å². The van der Waals surface area contributed by atoms with Crippen LogP contribution < -0.4 is 5.32 Å². The molecule has 0 radical (unpaired) electrons. The molecule has 1 aliphatic rings. The number of nitrogens with one attached hydrogen (secondary N) is 1. The van der Waals surface area contributed by atoms with E-state index in [0.717, 1.165) is 22.3 Å². The Bertz CT molecular complexity index is 626. The van der Waals surface area contributed by atoms with Crippen molar-refractivity contribution >= 4 is 11.0 Å². The summed E-state index contributed by atoms with van der Waals surface area (Å²) in [6.07, 6.45) is -3.19. The third-order valence-electron chi connectivity index (χ3n) is 4.00. The molecule has 2 aromatic rings. The van der Waals surface area contributed by atoms with Crippen molar-refractivity contribution in [3.05, 3.63) is 35.6 Å². The summed E-state index contributed by atoms with van der Waals surface area (Å²) in [6.45, 7) is 2.14. The summed E-state index contributed by atoms with van der Waals surface area (Å²) in [5.74, 6) is 0.761.